The maximum absolute atomic E-state index is 11.9. The standard InChI is InChI=1S/C13H20N2O4/c16-10(17)13(5-6-19-8-13)15-11(18)14-7-12(3-4-12)9-1-2-9/h9H,1-8H2,(H,16,17)(H2,14,15,18). The van der Waals surface area contributed by atoms with E-state index < -0.39 is 11.5 Å². The van der Waals surface area contributed by atoms with Crippen molar-refractivity contribution in [3.63, 3.8) is 0 Å². The van der Waals surface area contributed by atoms with E-state index in [1.165, 1.54) is 25.7 Å². The molecule has 0 radical (unpaired) electrons. The Kier molecular flexibility index (Phi) is 2.92. The molecule has 6 heteroatoms. The van der Waals surface area contributed by atoms with Gasteiger partial charge < -0.3 is 20.5 Å². The van der Waals surface area contributed by atoms with Gasteiger partial charge in [-0.2, -0.15) is 0 Å². The summed E-state index contributed by atoms with van der Waals surface area (Å²) in [6.07, 6.45) is 5.24. The number of carboxylic acids is 1. The summed E-state index contributed by atoms with van der Waals surface area (Å²) in [5, 5.41) is 14.7. The van der Waals surface area contributed by atoms with Crippen molar-refractivity contribution in [3.05, 3.63) is 0 Å². The molecule has 0 bridgehead atoms. The number of urea groups is 1. The second-order valence-electron chi connectivity index (χ2n) is 6.13. The van der Waals surface area contributed by atoms with Gasteiger partial charge in [-0.3, -0.25) is 0 Å². The van der Waals surface area contributed by atoms with E-state index in [4.69, 9.17) is 4.74 Å². The number of carbonyl (C=O) groups is 2. The molecule has 2 saturated carbocycles. The number of hydrogen-bond acceptors (Lipinski definition) is 3. The van der Waals surface area contributed by atoms with E-state index in [2.05, 4.69) is 10.6 Å². The molecule has 3 rings (SSSR count). The van der Waals surface area contributed by atoms with E-state index in [1.807, 2.05) is 0 Å². The average Bonchev–Trinajstić information content (AvgIpc) is 3.26. The quantitative estimate of drug-likeness (QED) is 0.685. The summed E-state index contributed by atoms with van der Waals surface area (Å²) >= 11 is 0. The molecule has 1 atom stereocenters. The highest BCUT2D eigenvalue weighted by Gasteiger charge is 2.53. The fourth-order valence-electron chi connectivity index (χ4n) is 2.99. The van der Waals surface area contributed by atoms with Crippen LogP contribution >= 0.6 is 0 Å². The second kappa shape index (κ2) is 4.37. The molecule has 2 aliphatic carbocycles. The number of amides is 2. The first-order chi connectivity index (χ1) is 9.06. The summed E-state index contributed by atoms with van der Waals surface area (Å²) in [4.78, 5) is 23.2. The fourth-order valence-corrected chi connectivity index (χ4v) is 2.99. The summed E-state index contributed by atoms with van der Waals surface area (Å²) in [5.41, 5.74) is -0.930. The Balaban J connectivity index is 1.51. The van der Waals surface area contributed by atoms with Crippen LogP contribution in [0.3, 0.4) is 0 Å². The first kappa shape index (κ1) is 12.7. The molecule has 1 saturated heterocycles. The summed E-state index contributed by atoms with van der Waals surface area (Å²) in [7, 11) is 0. The predicted octanol–water partition coefficient (Wildman–Crippen LogP) is 0.719. The molecule has 2 amide bonds. The third-order valence-electron chi connectivity index (χ3n) is 4.72. The van der Waals surface area contributed by atoms with E-state index in [-0.39, 0.29) is 12.6 Å². The maximum atomic E-state index is 11.9. The molecule has 0 aromatic rings. The van der Waals surface area contributed by atoms with Gasteiger partial charge in [0.25, 0.3) is 0 Å². The third-order valence-corrected chi connectivity index (χ3v) is 4.72. The minimum atomic E-state index is -1.25. The smallest absolute Gasteiger partial charge is 0.332 e. The molecule has 0 aromatic heterocycles. The van der Waals surface area contributed by atoms with Gasteiger partial charge in [-0.1, -0.05) is 0 Å². The molecule has 0 spiro atoms. The van der Waals surface area contributed by atoms with Crippen molar-refractivity contribution in [2.24, 2.45) is 11.3 Å². The zero-order chi connectivity index (χ0) is 13.5. The average molecular weight is 268 g/mol. The minimum Gasteiger partial charge on any atom is -0.479 e. The van der Waals surface area contributed by atoms with Crippen molar-refractivity contribution >= 4 is 12.0 Å². The number of rotatable bonds is 5. The fraction of sp³-hybridized carbons (Fsp3) is 0.846. The Morgan fingerprint density at radius 3 is 2.47 bits per heavy atom. The molecule has 0 aromatic carbocycles. The Morgan fingerprint density at radius 1 is 1.26 bits per heavy atom. The number of aliphatic carboxylic acids is 1. The lowest BCUT2D eigenvalue weighted by Crippen LogP contribution is -2.58. The summed E-state index contributed by atoms with van der Waals surface area (Å²) in [5.74, 6) is -0.250. The van der Waals surface area contributed by atoms with Crippen LogP contribution < -0.4 is 10.6 Å². The Hall–Kier alpha value is -1.30. The lowest BCUT2D eigenvalue weighted by molar-refractivity contribution is -0.144. The van der Waals surface area contributed by atoms with Crippen LogP contribution in [0.4, 0.5) is 4.79 Å². The molecule has 3 N–H and O–H groups in total. The number of nitrogens with one attached hydrogen (secondary N) is 2. The van der Waals surface area contributed by atoms with Crippen molar-refractivity contribution in [2.45, 2.75) is 37.6 Å². The van der Waals surface area contributed by atoms with E-state index in [0.717, 1.165) is 5.92 Å². The number of carbonyl (C=O) groups excluding carboxylic acids is 1. The van der Waals surface area contributed by atoms with Gasteiger partial charge in [-0.15, -0.1) is 0 Å². The molecular weight excluding hydrogens is 248 g/mol. The van der Waals surface area contributed by atoms with Crippen LogP contribution in [0.5, 0.6) is 0 Å². The van der Waals surface area contributed by atoms with Gasteiger partial charge in [0.2, 0.25) is 0 Å². The van der Waals surface area contributed by atoms with Gasteiger partial charge in [0.1, 0.15) is 0 Å². The Labute approximate surface area is 111 Å². The molecule has 106 valence electrons. The molecule has 19 heavy (non-hydrogen) atoms. The Morgan fingerprint density at radius 2 is 2.00 bits per heavy atom. The van der Waals surface area contributed by atoms with Crippen molar-refractivity contribution in [1.29, 1.82) is 0 Å². The molecule has 3 fully saturated rings. The lowest BCUT2D eigenvalue weighted by Gasteiger charge is -2.24. The van der Waals surface area contributed by atoms with E-state index in [1.54, 1.807) is 0 Å². The van der Waals surface area contributed by atoms with E-state index in [9.17, 15) is 14.7 Å². The van der Waals surface area contributed by atoms with Crippen molar-refractivity contribution in [1.82, 2.24) is 10.6 Å². The highest BCUT2D eigenvalue weighted by Crippen LogP contribution is 2.60. The summed E-state index contributed by atoms with van der Waals surface area (Å²) < 4.78 is 5.11. The minimum absolute atomic E-state index is 0.0452. The number of ether oxygens (including phenoxy) is 1. The largest absolute Gasteiger partial charge is 0.479 e. The van der Waals surface area contributed by atoms with E-state index >= 15 is 0 Å². The van der Waals surface area contributed by atoms with Crippen LogP contribution in [0, 0.1) is 11.3 Å². The Bertz CT molecular complexity index is 395. The molecule has 1 aliphatic heterocycles. The van der Waals surface area contributed by atoms with Gasteiger partial charge in [-0.05, 0) is 37.0 Å². The lowest BCUT2D eigenvalue weighted by atomic mass is 9.99. The maximum Gasteiger partial charge on any atom is 0.332 e. The summed E-state index contributed by atoms with van der Waals surface area (Å²) in [6.45, 7) is 1.09. The highest BCUT2D eigenvalue weighted by molar-refractivity contribution is 5.86. The SMILES string of the molecule is O=C(NCC1(C2CC2)CC1)NC1(C(=O)O)CCOC1. The highest BCUT2D eigenvalue weighted by atomic mass is 16.5. The van der Waals surface area contributed by atoms with Crippen molar-refractivity contribution in [2.75, 3.05) is 19.8 Å². The molecule has 1 heterocycles. The van der Waals surface area contributed by atoms with Gasteiger partial charge in [0.05, 0.1) is 6.61 Å². The van der Waals surface area contributed by atoms with Crippen LogP contribution in [0.2, 0.25) is 0 Å². The van der Waals surface area contributed by atoms with Crippen LogP contribution in [0.25, 0.3) is 0 Å². The number of carboxylic acid groups (broad SMARTS) is 1. The van der Waals surface area contributed by atoms with Crippen LogP contribution in [0.15, 0.2) is 0 Å². The van der Waals surface area contributed by atoms with Gasteiger partial charge in [-0.25, -0.2) is 9.59 Å². The topological polar surface area (TPSA) is 87.7 Å². The molecule has 6 nitrogen and oxygen atoms in total. The first-order valence-corrected chi connectivity index (χ1v) is 6.94. The number of hydrogen-bond donors (Lipinski definition) is 3. The second-order valence-corrected chi connectivity index (χ2v) is 6.13. The van der Waals surface area contributed by atoms with Crippen molar-refractivity contribution in [3.8, 4) is 0 Å². The van der Waals surface area contributed by atoms with Gasteiger partial charge in [0.15, 0.2) is 5.54 Å². The van der Waals surface area contributed by atoms with Crippen LogP contribution in [-0.2, 0) is 9.53 Å². The van der Waals surface area contributed by atoms with Crippen molar-refractivity contribution < 1.29 is 19.4 Å². The van der Waals surface area contributed by atoms with Crippen LogP contribution in [-0.4, -0.2) is 42.4 Å². The molecular formula is C13H20N2O4. The summed E-state index contributed by atoms with van der Waals surface area (Å²) in [6, 6.07) is -0.389. The zero-order valence-corrected chi connectivity index (χ0v) is 10.9. The predicted molar refractivity (Wildman–Crippen MR) is 66.7 cm³/mol. The van der Waals surface area contributed by atoms with E-state index in [0.29, 0.717) is 25.0 Å². The first-order valence-electron chi connectivity index (χ1n) is 6.94. The monoisotopic (exact) mass is 268 g/mol. The van der Waals surface area contributed by atoms with Gasteiger partial charge in [0, 0.05) is 19.6 Å². The zero-order valence-electron chi connectivity index (χ0n) is 10.9. The van der Waals surface area contributed by atoms with Crippen LogP contribution in [0.1, 0.15) is 32.1 Å². The van der Waals surface area contributed by atoms with Gasteiger partial charge >= 0.3 is 12.0 Å². The molecule has 3 aliphatic rings. The third kappa shape index (κ3) is 2.41. The molecule has 1 unspecified atom stereocenters. The normalized spacial score (nSPS) is 31.8.